The maximum absolute atomic E-state index is 12.9. The van der Waals surface area contributed by atoms with Crippen LogP contribution in [0.15, 0.2) is 24.5 Å². The Morgan fingerprint density at radius 2 is 2.10 bits per heavy atom. The highest BCUT2D eigenvalue weighted by Gasteiger charge is 2.38. The Bertz CT molecular complexity index is 1090. The zero-order valence-electron chi connectivity index (χ0n) is 22.9. The minimum atomic E-state index is -4.64. The zero-order valence-corrected chi connectivity index (χ0v) is 22.9. The van der Waals surface area contributed by atoms with Crippen LogP contribution in [0, 0.1) is 0 Å². The first kappa shape index (κ1) is 30.6. The van der Waals surface area contributed by atoms with Crippen molar-refractivity contribution in [3.8, 4) is 0 Å². The average molecular weight is 554 g/mol. The number of aldehydes is 1. The van der Waals surface area contributed by atoms with Gasteiger partial charge in [-0.2, -0.15) is 13.2 Å². The van der Waals surface area contributed by atoms with E-state index in [1.807, 2.05) is 6.92 Å². The molecule has 2 aromatic rings. The van der Waals surface area contributed by atoms with Gasteiger partial charge in [0.15, 0.2) is 6.29 Å². The Balaban J connectivity index is 1.59. The number of nitrogens with zero attached hydrogens (tertiary/aromatic N) is 4. The molecule has 0 fully saturated rings. The van der Waals surface area contributed by atoms with Crippen LogP contribution in [0.4, 0.5) is 24.9 Å². The molecule has 3 N–H and O–H groups in total. The number of alkyl halides is 3. The van der Waals surface area contributed by atoms with E-state index >= 15 is 0 Å². The molecule has 0 saturated heterocycles. The average Bonchev–Trinajstić information content (AvgIpc) is 2.93. The van der Waals surface area contributed by atoms with Gasteiger partial charge in [-0.3, -0.25) is 10.1 Å². The van der Waals surface area contributed by atoms with E-state index in [0.29, 0.717) is 38.3 Å². The van der Waals surface area contributed by atoms with Gasteiger partial charge in [0.25, 0.3) is 0 Å². The van der Waals surface area contributed by atoms with Crippen molar-refractivity contribution in [1.29, 1.82) is 0 Å². The van der Waals surface area contributed by atoms with Crippen molar-refractivity contribution in [2.75, 3.05) is 43.9 Å². The molecule has 1 aliphatic heterocycles. The number of carbonyl (C=O) groups excluding carboxylic acids is 1. The molecule has 2 atom stereocenters. The van der Waals surface area contributed by atoms with Crippen molar-refractivity contribution in [2.24, 2.45) is 0 Å². The number of pyridine rings is 1. The highest BCUT2D eigenvalue weighted by Crippen LogP contribution is 2.28. The molecule has 0 saturated carbocycles. The lowest BCUT2D eigenvalue weighted by Gasteiger charge is -2.30. The molecule has 12 heteroatoms. The van der Waals surface area contributed by atoms with Gasteiger partial charge < -0.3 is 20.2 Å². The molecular formula is C27H40F3N6O3+. The van der Waals surface area contributed by atoms with Crippen LogP contribution in [0.3, 0.4) is 0 Å². The summed E-state index contributed by atoms with van der Waals surface area (Å²) in [4.78, 5) is 22.9. The topological polar surface area (TPSA) is 103 Å². The smallest absolute Gasteiger partial charge is 0.380 e. The number of ether oxygens (including phenoxy) is 1. The molecule has 0 radical (unpaired) electrons. The third-order valence-electron chi connectivity index (χ3n) is 7.25. The molecule has 0 spiro atoms. The predicted molar refractivity (Wildman–Crippen MR) is 141 cm³/mol. The Morgan fingerprint density at radius 1 is 1.31 bits per heavy atom. The molecule has 9 nitrogen and oxygen atoms in total. The fraction of sp³-hybridized carbons (Fsp3) is 0.630. The second kappa shape index (κ2) is 13.9. The van der Waals surface area contributed by atoms with Crippen LogP contribution in [0.2, 0.25) is 0 Å². The number of rotatable bonds is 15. The number of hydrogen-bond acceptors (Lipinski definition) is 8. The highest BCUT2D eigenvalue weighted by molar-refractivity contribution is 5.68. The highest BCUT2D eigenvalue weighted by atomic mass is 19.4. The van der Waals surface area contributed by atoms with Crippen LogP contribution in [-0.4, -0.2) is 71.3 Å². The molecule has 39 heavy (non-hydrogen) atoms. The van der Waals surface area contributed by atoms with E-state index in [1.165, 1.54) is 5.56 Å². The Kier molecular flexibility index (Phi) is 10.9. The van der Waals surface area contributed by atoms with Crippen molar-refractivity contribution in [1.82, 2.24) is 14.9 Å². The second-order valence-electron chi connectivity index (χ2n) is 10.2. The molecule has 1 aliphatic rings. The van der Waals surface area contributed by atoms with Gasteiger partial charge in [0.2, 0.25) is 0 Å². The van der Waals surface area contributed by atoms with Crippen molar-refractivity contribution >= 4 is 18.1 Å². The normalized spacial score (nSPS) is 15.8. The molecule has 3 heterocycles. The number of hydrogen-bond donors (Lipinski definition) is 3. The summed E-state index contributed by atoms with van der Waals surface area (Å²) in [6.45, 7) is 6.72. The Hall–Kier alpha value is -2.99. The number of anilines is 2. The van der Waals surface area contributed by atoms with Gasteiger partial charge in [0, 0.05) is 38.9 Å². The summed E-state index contributed by atoms with van der Waals surface area (Å²) in [7, 11) is 1.65. The molecule has 0 aliphatic carbocycles. The van der Waals surface area contributed by atoms with Crippen LogP contribution in [0.25, 0.3) is 0 Å². The van der Waals surface area contributed by atoms with E-state index in [1.54, 1.807) is 14.0 Å². The van der Waals surface area contributed by atoms with Crippen LogP contribution in [0.1, 0.15) is 62.8 Å². The lowest BCUT2D eigenvalue weighted by Crippen LogP contribution is -2.48. The molecule has 2 aromatic heterocycles. The number of fused-ring (bicyclic) bond motifs is 1. The summed E-state index contributed by atoms with van der Waals surface area (Å²) in [6, 6.07) is 4.26. The lowest BCUT2D eigenvalue weighted by atomic mass is 9.93. The maximum atomic E-state index is 12.9. The Morgan fingerprint density at radius 3 is 2.77 bits per heavy atom. The van der Waals surface area contributed by atoms with Crippen molar-refractivity contribution in [3.05, 3.63) is 41.3 Å². The number of aromatic nitrogens is 3. The molecule has 0 aromatic carbocycles. The third kappa shape index (κ3) is 8.76. The van der Waals surface area contributed by atoms with Gasteiger partial charge in [-0.15, -0.1) is 0 Å². The standard InChI is InChI=1S/C27H39F3N6O3/c1-4-26(19-37,34-25-32-16-22(18-36(25)38)27(28,29)30)12-15-35(17-20(2)39-3)14-6-5-9-23-11-10-21-8-7-13-31-24(21)33-23/h10-11,16,18-20,38H,4-9,12-15,17H2,1-3H3,(H,31,33)/p+1/t20-,26?/m1/s1. The lowest BCUT2D eigenvalue weighted by molar-refractivity contribution is -0.895. The van der Waals surface area contributed by atoms with Crippen molar-refractivity contribution in [3.63, 3.8) is 0 Å². The van der Waals surface area contributed by atoms with Gasteiger partial charge >= 0.3 is 12.1 Å². The first-order valence-electron chi connectivity index (χ1n) is 13.5. The molecule has 216 valence electrons. The molecular weight excluding hydrogens is 513 g/mol. The van der Waals surface area contributed by atoms with Gasteiger partial charge in [-0.1, -0.05) is 22.7 Å². The van der Waals surface area contributed by atoms with E-state index in [0.717, 1.165) is 63.0 Å². The van der Waals surface area contributed by atoms with Crippen LogP contribution in [-0.2, 0) is 28.5 Å². The summed E-state index contributed by atoms with van der Waals surface area (Å²) < 4.78 is 44.6. The first-order chi connectivity index (χ1) is 18.6. The van der Waals surface area contributed by atoms with E-state index in [4.69, 9.17) is 9.72 Å². The third-order valence-corrected chi connectivity index (χ3v) is 7.25. The number of nitrogens with one attached hydrogen (secondary N) is 2. The maximum Gasteiger partial charge on any atom is 0.429 e. The number of aryl methyl sites for hydroxylation is 2. The van der Waals surface area contributed by atoms with E-state index in [2.05, 4.69) is 32.7 Å². The van der Waals surface area contributed by atoms with E-state index in [-0.39, 0.29) is 16.8 Å². The summed E-state index contributed by atoms with van der Waals surface area (Å²) in [6.07, 6.45) is 2.88. The largest absolute Gasteiger partial charge is 0.429 e. The molecule has 1 unspecified atom stereocenters. The number of halogens is 3. The Labute approximate surface area is 227 Å². The molecule has 0 bridgehead atoms. The predicted octanol–water partition coefficient (Wildman–Crippen LogP) is 3.89. The summed E-state index contributed by atoms with van der Waals surface area (Å²) >= 11 is 0. The number of carbonyl (C=O) groups is 1. The summed E-state index contributed by atoms with van der Waals surface area (Å²) in [5.74, 6) is 0.763. The number of methoxy groups -OCH3 is 1. The van der Waals surface area contributed by atoms with Crippen molar-refractivity contribution < 1.29 is 32.6 Å². The van der Waals surface area contributed by atoms with Crippen LogP contribution < -0.4 is 15.4 Å². The molecule has 3 rings (SSSR count). The summed E-state index contributed by atoms with van der Waals surface area (Å²) in [5, 5.41) is 16.3. The monoisotopic (exact) mass is 553 g/mol. The SMILES string of the molecule is CCC(C=O)(CCN(CCCCc1ccc2c(n1)NCCC2)C[C@@H](C)OC)Nc1ncc(C(F)(F)F)c[n+]1O. The fourth-order valence-corrected chi connectivity index (χ4v) is 4.61. The van der Waals surface area contributed by atoms with Gasteiger partial charge in [-0.25, -0.2) is 4.98 Å². The zero-order chi connectivity index (χ0) is 28.5. The van der Waals surface area contributed by atoms with Crippen molar-refractivity contribution in [2.45, 2.75) is 76.6 Å². The first-order valence-corrected chi connectivity index (χ1v) is 13.5. The van der Waals surface area contributed by atoms with Gasteiger partial charge in [-0.05, 0) is 63.6 Å². The van der Waals surface area contributed by atoms with Gasteiger partial charge in [0.1, 0.15) is 29.3 Å². The minimum Gasteiger partial charge on any atom is -0.380 e. The second-order valence-corrected chi connectivity index (χ2v) is 10.2. The van der Waals surface area contributed by atoms with E-state index < -0.39 is 17.3 Å². The van der Waals surface area contributed by atoms with Crippen LogP contribution >= 0.6 is 0 Å². The minimum absolute atomic E-state index is 0.0187. The quantitative estimate of drug-likeness (QED) is 0.132. The summed E-state index contributed by atoms with van der Waals surface area (Å²) in [5.41, 5.74) is 0.124. The van der Waals surface area contributed by atoms with Gasteiger partial charge in [0.05, 0.1) is 6.10 Å². The number of unbranched alkanes of at least 4 members (excludes halogenated alkanes) is 1. The van der Waals surface area contributed by atoms with Crippen LogP contribution in [0.5, 0.6) is 0 Å². The molecule has 0 amide bonds. The van der Waals surface area contributed by atoms with E-state index in [9.17, 15) is 23.2 Å². The fourth-order valence-electron chi connectivity index (χ4n) is 4.61.